The molecule has 1 atom stereocenters. The van der Waals surface area contributed by atoms with Crippen molar-refractivity contribution in [3.05, 3.63) is 90.0 Å². The maximum Gasteiger partial charge on any atom is 0.251 e. The summed E-state index contributed by atoms with van der Waals surface area (Å²) in [6.45, 7) is 5.97. The van der Waals surface area contributed by atoms with Crippen molar-refractivity contribution >= 4 is 34.8 Å². The fourth-order valence-electron chi connectivity index (χ4n) is 3.48. The van der Waals surface area contributed by atoms with Crippen molar-refractivity contribution < 1.29 is 14.4 Å². The van der Waals surface area contributed by atoms with E-state index in [1.54, 1.807) is 48.5 Å². The van der Waals surface area contributed by atoms with Gasteiger partial charge in [-0.15, -0.1) is 0 Å². The first-order valence-electron chi connectivity index (χ1n) is 11.7. The van der Waals surface area contributed by atoms with Gasteiger partial charge in [0.2, 0.25) is 11.8 Å². The lowest BCUT2D eigenvalue weighted by Gasteiger charge is -2.15. The van der Waals surface area contributed by atoms with E-state index in [0.717, 1.165) is 11.3 Å². The molecule has 0 radical (unpaired) electrons. The molecular weight excluding hydrogens is 440 g/mol. The predicted molar refractivity (Wildman–Crippen MR) is 140 cm³/mol. The highest BCUT2D eigenvalue weighted by Crippen LogP contribution is 2.16. The SMILES string of the molecule is CC(C)CC(=O)Nc1ccc(NCC(=O)Nc2cccc(C(=O)NC(C)c3ccccc3)c2)cc1. The van der Waals surface area contributed by atoms with Crippen LogP contribution in [-0.4, -0.2) is 24.3 Å². The van der Waals surface area contributed by atoms with Crippen molar-refractivity contribution in [3.8, 4) is 0 Å². The van der Waals surface area contributed by atoms with Gasteiger partial charge >= 0.3 is 0 Å². The maximum atomic E-state index is 12.7. The van der Waals surface area contributed by atoms with E-state index in [1.807, 2.05) is 51.1 Å². The largest absolute Gasteiger partial charge is 0.376 e. The summed E-state index contributed by atoms with van der Waals surface area (Å²) in [5.41, 5.74) is 3.49. The first kappa shape index (κ1) is 25.5. The monoisotopic (exact) mass is 472 g/mol. The lowest BCUT2D eigenvalue weighted by Crippen LogP contribution is -2.27. The summed E-state index contributed by atoms with van der Waals surface area (Å²) in [7, 11) is 0. The lowest BCUT2D eigenvalue weighted by atomic mass is 10.1. The second kappa shape index (κ2) is 12.4. The molecule has 7 heteroatoms. The van der Waals surface area contributed by atoms with Crippen LogP contribution in [0, 0.1) is 5.92 Å². The molecule has 0 bridgehead atoms. The molecule has 3 aromatic rings. The molecule has 0 aliphatic heterocycles. The average Bonchev–Trinajstić information content (AvgIpc) is 2.83. The molecule has 0 saturated carbocycles. The zero-order chi connectivity index (χ0) is 25.2. The first-order valence-corrected chi connectivity index (χ1v) is 11.7. The number of benzene rings is 3. The molecule has 0 heterocycles. The van der Waals surface area contributed by atoms with Crippen LogP contribution >= 0.6 is 0 Å². The van der Waals surface area contributed by atoms with E-state index >= 15 is 0 Å². The van der Waals surface area contributed by atoms with Crippen LogP contribution in [0.15, 0.2) is 78.9 Å². The van der Waals surface area contributed by atoms with Crippen LogP contribution in [0.1, 0.15) is 49.2 Å². The average molecular weight is 473 g/mol. The van der Waals surface area contributed by atoms with Gasteiger partial charge in [-0.25, -0.2) is 0 Å². The number of anilines is 3. The van der Waals surface area contributed by atoms with Gasteiger partial charge in [-0.3, -0.25) is 14.4 Å². The Morgan fingerprint density at radius 1 is 0.714 bits per heavy atom. The summed E-state index contributed by atoms with van der Waals surface area (Å²) < 4.78 is 0. The fraction of sp³-hybridized carbons (Fsp3) is 0.250. The molecule has 0 spiro atoms. The summed E-state index contributed by atoms with van der Waals surface area (Å²) in [5, 5.41) is 11.7. The standard InChI is InChI=1S/C28H32N4O3/c1-19(2)16-26(33)31-24-14-12-23(13-15-24)29-18-27(34)32-25-11-7-10-22(17-25)28(35)30-20(3)21-8-5-4-6-9-21/h4-15,17,19-20,29H,16,18H2,1-3H3,(H,30,35)(H,31,33)(H,32,34). The Hall–Kier alpha value is -4.13. The highest BCUT2D eigenvalue weighted by Gasteiger charge is 2.12. The van der Waals surface area contributed by atoms with Crippen molar-refractivity contribution in [1.29, 1.82) is 0 Å². The summed E-state index contributed by atoms with van der Waals surface area (Å²) in [5.74, 6) is -0.182. The van der Waals surface area contributed by atoms with E-state index in [0.29, 0.717) is 29.3 Å². The molecule has 3 amide bonds. The number of hydrogen-bond acceptors (Lipinski definition) is 4. The highest BCUT2D eigenvalue weighted by molar-refractivity contribution is 5.98. The quantitative estimate of drug-likeness (QED) is 0.325. The third kappa shape index (κ3) is 8.30. The van der Waals surface area contributed by atoms with Crippen LogP contribution in [0.5, 0.6) is 0 Å². The second-order valence-electron chi connectivity index (χ2n) is 8.81. The predicted octanol–water partition coefficient (Wildman–Crippen LogP) is 5.21. The summed E-state index contributed by atoms with van der Waals surface area (Å²) >= 11 is 0. The topological polar surface area (TPSA) is 99.3 Å². The Bertz CT molecular complexity index is 1140. The van der Waals surface area contributed by atoms with Gasteiger partial charge in [0.25, 0.3) is 5.91 Å². The summed E-state index contributed by atoms with van der Waals surface area (Å²) in [6, 6.07) is 23.6. The van der Waals surface area contributed by atoms with E-state index in [-0.39, 0.29) is 30.3 Å². The van der Waals surface area contributed by atoms with Crippen molar-refractivity contribution in [2.45, 2.75) is 33.2 Å². The van der Waals surface area contributed by atoms with Crippen LogP contribution in [0.4, 0.5) is 17.1 Å². The zero-order valence-electron chi connectivity index (χ0n) is 20.3. The molecule has 0 fully saturated rings. The van der Waals surface area contributed by atoms with Crippen LogP contribution in [0.3, 0.4) is 0 Å². The molecule has 7 nitrogen and oxygen atoms in total. The molecule has 0 saturated heterocycles. The van der Waals surface area contributed by atoms with Gasteiger partial charge < -0.3 is 21.3 Å². The number of carbonyl (C=O) groups excluding carboxylic acids is 3. The molecule has 4 N–H and O–H groups in total. The Morgan fingerprint density at radius 3 is 2.06 bits per heavy atom. The molecule has 3 rings (SSSR count). The molecule has 3 aromatic carbocycles. The normalized spacial score (nSPS) is 11.4. The number of carbonyl (C=O) groups is 3. The van der Waals surface area contributed by atoms with E-state index in [1.165, 1.54) is 0 Å². The second-order valence-corrected chi connectivity index (χ2v) is 8.81. The van der Waals surface area contributed by atoms with E-state index in [2.05, 4.69) is 21.3 Å². The number of rotatable bonds is 10. The van der Waals surface area contributed by atoms with Crippen LogP contribution in [-0.2, 0) is 9.59 Å². The Kier molecular flexibility index (Phi) is 9.01. The fourth-order valence-corrected chi connectivity index (χ4v) is 3.48. The van der Waals surface area contributed by atoms with Gasteiger partial charge in [0, 0.05) is 29.0 Å². The smallest absolute Gasteiger partial charge is 0.251 e. The van der Waals surface area contributed by atoms with Gasteiger partial charge in [0.05, 0.1) is 12.6 Å². The molecule has 35 heavy (non-hydrogen) atoms. The van der Waals surface area contributed by atoms with Gasteiger partial charge in [-0.05, 0) is 60.9 Å². The Labute approximate surface area is 206 Å². The minimum Gasteiger partial charge on any atom is -0.376 e. The van der Waals surface area contributed by atoms with E-state index in [4.69, 9.17) is 0 Å². The zero-order valence-corrected chi connectivity index (χ0v) is 20.3. The van der Waals surface area contributed by atoms with Crippen molar-refractivity contribution in [2.75, 3.05) is 22.5 Å². The summed E-state index contributed by atoms with van der Waals surface area (Å²) in [6.07, 6.45) is 0.467. The van der Waals surface area contributed by atoms with Crippen molar-refractivity contribution in [1.82, 2.24) is 5.32 Å². The Balaban J connectivity index is 1.49. The van der Waals surface area contributed by atoms with Crippen LogP contribution in [0.2, 0.25) is 0 Å². The van der Waals surface area contributed by atoms with Gasteiger partial charge in [0.15, 0.2) is 0 Å². The molecule has 0 aromatic heterocycles. The van der Waals surface area contributed by atoms with Gasteiger partial charge in [-0.1, -0.05) is 50.2 Å². The van der Waals surface area contributed by atoms with E-state index in [9.17, 15) is 14.4 Å². The highest BCUT2D eigenvalue weighted by atomic mass is 16.2. The third-order valence-electron chi connectivity index (χ3n) is 5.27. The van der Waals surface area contributed by atoms with Crippen molar-refractivity contribution in [3.63, 3.8) is 0 Å². The molecule has 1 unspecified atom stereocenters. The van der Waals surface area contributed by atoms with Gasteiger partial charge in [0.1, 0.15) is 0 Å². The minimum absolute atomic E-state index is 0.0227. The number of nitrogens with one attached hydrogen (secondary N) is 4. The van der Waals surface area contributed by atoms with Gasteiger partial charge in [-0.2, -0.15) is 0 Å². The number of hydrogen-bond donors (Lipinski definition) is 4. The van der Waals surface area contributed by atoms with E-state index < -0.39 is 0 Å². The lowest BCUT2D eigenvalue weighted by molar-refractivity contribution is -0.117. The number of amides is 3. The molecule has 0 aliphatic carbocycles. The third-order valence-corrected chi connectivity index (χ3v) is 5.27. The minimum atomic E-state index is -0.241. The Morgan fingerprint density at radius 2 is 1.37 bits per heavy atom. The summed E-state index contributed by atoms with van der Waals surface area (Å²) in [4.78, 5) is 37.0. The molecular formula is C28H32N4O3. The van der Waals surface area contributed by atoms with Crippen LogP contribution < -0.4 is 21.3 Å². The maximum absolute atomic E-state index is 12.7. The van der Waals surface area contributed by atoms with Crippen LogP contribution in [0.25, 0.3) is 0 Å². The molecule has 0 aliphatic rings. The first-order chi connectivity index (χ1) is 16.8. The van der Waals surface area contributed by atoms with Crippen molar-refractivity contribution in [2.24, 2.45) is 5.92 Å². The molecule has 182 valence electrons.